The summed E-state index contributed by atoms with van der Waals surface area (Å²) < 4.78 is 0. The lowest BCUT2D eigenvalue weighted by Crippen LogP contribution is -2.04. The van der Waals surface area contributed by atoms with Crippen LogP contribution in [0, 0.1) is 5.92 Å². The molecule has 1 aliphatic carbocycles. The van der Waals surface area contributed by atoms with Gasteiger partial charge in [-0.1, -0.05) is 112 Å². The van der Waals surface area contributed by atoms with Gasteiger partial charge in [-0.3, -0.25) is 0 Å². The lowest BCUT2D eigenvalue weighted by molar-refractivity contribution is 0.607. The van der Waals surface area contributed by atoms with Crippen LogP contribution in [0.3, 0.4) is 0 Å². The van der Waals surface area contributed by atoms with Crippen molar-refractivity contribution >= 4 is 16.8 Å². The van der Waals surface area contributed by atoms with E-state index in [1.165, 1.54) is 83.9 Å². The van der Waals surface area contributed by atoms with E-state index < -0.39 is 0 Å². The lowest BCUT2D eigenvalue weighted by Gasteiger charge is -2.19. The first-order valence-corrected chi connectivity index (χ1v) is 10.5. The molecule has 0 heteroatoms. The van der Waals surface area contributed by atoms with Gasteiger partial charge in [0.25, 0.3) is 0 Å². The Bertz CT molecular complexity index is 932. The molecule has 0 amide bonds. The number of aryl methyl sites for hydroxylation is 1. The molecule has 27 heavy (non-hydrogen) atoms. The fraction of sp³-hybridized carbons (Fsp3) is 0.296. The summed E-state index contributed by atoms with van der Waals surface area (Å²) in [6, 6.07) is 22.3. The van der Waals surface area contributed by atoms with E-state index in [1.807, 2.05) is 0 Å². The van der Waals surface area contributed by atoms with Gasteiger partial charge in [0.15, 0.2) is 0 Å². The van der Waals surface area contributed by atoms with Crippen LogP contribution in [0.4, 0.5) is 0 Å². The van der Waals surface area contributed by atoms with Crippen molar-refractivity contribution in [1.29, 1.82) is 0 Å². The number of rotatable bonds is 8. The zero-order valence-electron chi connectivity index (χ0n) is 16.4. The molecule has 0 aromatic heterocycles. The number of benzene rings is 3. The topological polar surface area (TPSA) is 0 Å². The molecule has 0 saturated heterocycles. The number of hydrogen-bond donors (Lipinski definition) is 0. The molecule has 0 nitrogen and oxygen atoms in total. The summed E-state index contributed by atoms with van der Waals surface area (Å²) in [5, 5.41) is 2.72. The van der Waals surface area contributed by atoms with Gasteiger partial charge in [0.2, 0.25) is 0 Å². The van der Waals surface area contributed by atoms with Crippen molar-refractivity contribution in [1.82, 2.24) is 0 Å². The van der Waals surface area contributed by atoms with Crippen molar-refractivity contribution in [3.05, 3.63) is 94.9 Å². The minimum atomic E-state index is 1.17. The second kappa shape index (κ2) is 8.57. The first-order valence-electron chi connectivity index (χ1n) is 10.5. The summed E-state index contributed by atoms with van der Waals surface area (Å²) >= 11 is 0. The van der Waals surface area contributed by atoms with Gasteiger partial charge in [-0.2, -0.15) is 0 Å². The van der Waals surface area contributed by atoms with E-state index in [4.69, 9.17) is 0 Å². The molecule has 3 aromatic rings. The lowest BCUT2D eigenvalue weighted by atomic mass is 9.84. The minimum Gasteiger partial charge on any atom is -0.0674 e. The van der Waals surface area contributed by atoms with Crippen molar-refractivity contribution in [3.63, 3.8) is 0 Å². The maximum atomic E-state index is 2.37. The van der Waals surface area contributed by atoms with Crippen LogP contribution < -0.4 is 0 Å². The van der Waals surface area contributed by atoms with Crippen LogP contribution in [-0.2, 0) is 6.42 Å². The predicted molar refractivity (Wildman–Crippen MR) is 118 cm³/mol. The van der Waals surface area contributed by atoms with Crippen molar-refractivity contribution < 1.29 is 0 Å². The third-order valence-corrected chi connectivity index (χ3v) is 5.76. The normalized spacial score (nSPS) is 13.4. The number of unbranched alkanes of at least 4 members (excludes halogenated alkanes) is 5. The molecular weight excluding hydrogens is 324 g/mol. The van der Waals surface area contributed by atoms with E-state index in [2.05, 4.69) is 79.7 Å². The van der Waals surface area contributed by atoms with Crippen LogP contribution in [0.25, 0.3) is 16.8 Å². The molecule has 0 spiro atoms. The average molecular weight is 354 g/mol. The number of hydrogen-bond acceptors (Lipinski definition) is 0. The molecule has 0 saturated carbocycles. The first kappa shape index (κ1) is 18.0. The molecule has 1 radical (unpaired) electrons. The second-order valence-corrected chi connectivity index (χ2v) is 7.67. The molecule has 3 aromatic carbocycles. The average Bonchev–Trinajstić information content (AvgIpc) is 3.14. The molecule has 0 unspecified atom stereocenters. The molecule has 137 valence electrons. The third-order valence-electron chi connectivity index (χ3n) is 5.76. The number of fused-ring (bicyclic) bond motifs is 2. The van der Waals surface area contributed by atoms with Crippen LogP contribution in [0.5, 0.6) is 0 Å². The molecule has 1 aliphatic rings. The molecule has 0 heterocycles. The summed E-state index contributed by atoms with van der Waals surface area (Å²) in [6.45, 7) is 2.28. The SMILES string of the molecule is CCCCCCCCc1ccc2ccccc2c1[C]1C=Cc2ccccc21. The van der Waals surface area contributed by atoms with Crippen LogP contribution in [0.15, 0.2) is 66.7 Å². The Morgan fingerprint density at radius 1 is 0.667 bits per heavy atom. The largest absolute Gasteiger partial charge is 0.0674 e. The van der Waals surface area contributed by atoms with Crippen molar-refractivity contribution in [2.24, 2.45) is 0 Å². The summed E-state index contributed by atoms with van der Waals surface area (Å²) in [4.78, 5) is 0. The summed E-state index contributed by atoms with van der Waals surface area (Å²) in [7, 11) is 0. The highest BCUT2D eigenvalue weighted by Gasteiger charge is 2.23. The molecule has 0 fully saturated rings. The van der Waals surface area contributed by atoms with Gasteiger partial charge in [-0.05, 0) is 45.9 Å². The predicted octanol–water partition coefficient (Wildman–Crippen LogP) is 7.74. The summed E-state index contributed by atoms with van der Waals surface area (Å²) in [6.07, 6.45) is 13.8. The van der Waals surface area contributed by atoms with Gasteiger partial charge in [-0.25, -0.2) is 0 Å². The number of allylic oxidation sites excluding steroid dienone is 1. The Morgan fingerprint density at radius 3 is 2.37 bits per heavy atom. The van der Waals surface area contributed by atoms with Crippen LogP contribution in [-0.4, -0.2) is 0 Å². The maximum absolute atomic E-state index is 2.37. The smallest absolute Gasteiger partial charge is 0.0572 e. The van der Waals surface area contributed by atoms with Gasteiger partial charge in [0, 0.05) is 0 Å². The van der Waals surface area contributed by atoms with E-state index in [0.717, 1.165) is 0 Å². The highest BCUT2D eigenvalue weighted by Crippen LogP contribution is 2.39. The van der Waals surface area contributed by atoms with Crippen molar-refractivity contribution in [2.45, 2.75) is 51.9 Å². The van der Waals surface area contributed by atoms with Crippen LogP contribution >= 0.6 is 0 Å². The van der Waals surface area contributed by atoms with Crippen LogP contribution in [0.1, 0.15) is 67.7 Å². The zero-order valence-corrected chi connectivity index (χ0v) is 16.4. The standard InChI is InChI=1S/C27H29/c1-2-3-4-5-6-7-14-23-18-17-22-13-9-11-16-25(22)27(23)26-20-19-21-12-8-10-15-24(21)26/h8-13,15-20H,2-7,14H2,1H3. The van der Waals surface area contributed by atoms with Gasteiger partial charge < -0.3 is 0 Å². The van der Waals surface area contributed by atoms with E-state index in [-0.39, 0.29) is 0 Å². The first-order chi connectivity index (χ1) is 13.4. The highest BCUT2D eigenvalue weighted by molar-refractivity contribution is 5.92. The Balaban J connectivity index is 1.64. The van der Waals surface area contributed by atoms with Crippen molar-refractivity contribution in [3.8, 4) is 0 Å². The van der Waals surface area contributed by atoms with E-state index in [1.54, 1.807) is 0 Å². The van der Waals surface area contributed by atoms with Gasteiger partial charge in [0.05, 0.1) is 5.92 Å². The Morgan fingerprint density at radius 2 is 1.44 bits per heavy atom. The van der Waals surface area contributed by atoms with E-state index in [0.29, 0.717) is 0 Å². The maximum Gasteiger partial charge on any atom is 0.0572 e. The molecule has 0 N–H and O–H groups in total. The fourth-order valence-electron chi connectivity index (χ4n) is 4.31. The van der Waals surface area contributed by atoms with E-state index >= 15 is 0 Å². The molecule has 0 bridgehead atoms. The molecule has 4 rings (SSSR count). The minimum absolute atomic E-state index is 1.17. The molecular formula is C27H29. The van der Waals surface area contributed by atoms with Crippen LogP contribution in [0.2, 0.25) is 0 Å². The molecule has 0 aliphatic heterocycles. The van der Waals surface area contributed by atoms with Gasteiger partial charge in [0.1, 0.15) is 0 Å². The quantitative estimate of drug-likeness (QED) is 0.363. The Labute approximate surface area is 163 Å². The fourth-order valence-corrected chi connectivity index (χ4v) is 4.31. The summed E-state index contributed by atoms with van der Waals surface area (Å²) in [5.74, 6) is 1.39. The van der Waals surface area contributed by atoms with E-state index in [9.17, 15) is 0 Å². The Hall–Kier alpha value is -2.34. The second-order valence-electron chi connectivity index (χ2n) is 7.67. The highest BCUT2D eigenvalue weighted by atomic mass is 14.3. The Kier molecular flexibility index (Phi) is 5.72. The monoisotopic (exact) mass is 353 g/mol. The van der Waals surface area contributed by atoms with Crippen molar-refractivity contribution in [2.75, 3.05) is 0 Å². The zero-order chi connectivity index (χ0) is 18.5. The third kappa shape index (κ3) is 3.86. The summed E-state index contributed by atoms with van der Waals surface area (Å²) in [5.41, 5.74) is 5.66. The molecule has 0 atom stereocenters. The van der Waals surface area contributed by atoms with Gasteiger partial charge in [-0.15, -0.1) is 0 Å². The van der Waals surface area contributed by atoms with Gasteiger partial charge >= 0.3 is 0 Å².